The van der Waals surface area contributed by atoms with Crippen LogP contribution in [0.1, 0.15) is 51.9 Å². The summed E-state index contributed by atoms with van der Waals surface area (Å²) in [6.45, 7) is 7.53. The topological polar surface area (TPSA) is 44.8 Å². The van der Waals surface area contributed by atoms with Gasteiger partial charge in [0, 0.05) is 13.2 Å². The van der Waals surface area contributed by atoms with Crippen LogP contribution in [0, 0.1) is 0 Å². The zero-order valence-electron chi connectivity index (χ0n) is 13.3. The number of hydrogen-bond donors (Lipinski definition) is 0. The lowest BCUT2D eigenvalue weighted by Gasteiger charge is -2.24. The molecule has 118 valence electrons. The number of hydrogen-bond acceptors (Lipinski definition) is 4. The second kappa shape index (κ2) is 12.1. The van der Waals surface area contributed by atoms with Crippen molar-refractivity contribution >= 4 is 14.5 Å². The van der Waals surface area contributed by atoms with Gasteiger partial charge in [-0.15, -0.1) is 0 Å². The molecule has 0 N–H and O–H groups in total. The minimum atomic E-state index is -2.19. The van der Waals surface area contributed by atoms with E-state index in [1.54, 1.807) is 7.11 Å². The quantitative estimate of drug-likeness (QED) is 0.168. The molecule has 5 heteroatoms. The molecule has 0 amide bonds. The number of carbonyl (C=O) groups is 1. The highest BCUT2D eigenvalue weighted by Crippen LogP contribution is 2.18. The average molecular weight is 302 g/mol. The normalized spacial score (nSPS) is 13.8. The largest absolute Gasteiger partial charge is 0.436 e. The Hall–Kier alpha value is -0.653. The Morgan fingerprint density at radius 2 is 1.75 bits per heavy atom. The standard InChI is InChI=1S/C15H30O4Si/c1-5-7-8-9-10-11-12-13-20(4,17-3)19-14-18-15(16)6-2/h6H,2,5,7-14H2,1,3-4H3. The molecule has 0 saturated heterocycles. The van der Waals surface area contributed by atoms with Crippen LogP contribution in [-0.4, -0.2) is 28.4 Å². The molecule has 0 aromatic heterocycles. The lowest BCUT2D eigenvalue weighted by molar-refractivity contribution is -0.145. The Kier molecular flexibility index (Phi) is 11.7. The number of carbonyl (C=O) groups excluding carboxylic acids is 1. The minimum Gasteiger partial charge on any atom is -0.436 e. The number of unbranched alkanes of at least 4 members (excludes halogenated alkanes) is 6. The van der Waals surface area contributed by atoms with Crippen molar-refractivity contribution in [3.8, 4) is 0 Å². The molecule has 1 atom stereocenters. The van der Waals surface area contributed by atoms with Gasteiger partial charge in [0.05, 0.1) is 0 Å². The summed E-state index contributed by atoms with van der Waals surface area (Å²) in [5.41, 5.74) is 0. The van der Waals surface area contributed by atoms with Gasteiger partial charge >= 0.3 is 14.5 Å². The van der Waals surface area contributed by atoms with Gasteiger partial charge in [0.15, 0.2) is 6.79 Å². The third kappa shape index (κ3) is 10.2. The first-order valence-electron chi connectivity index (χ1n) is 7.56. The number of ether oxygens (including phenoxy) is 1. The lowest BCUT2D eigenvalue weighted by Crippen LogP contribution is -2.38. The van der Waals surface area contributed by atoms with Crippen LogP contribution in [0.15, 0.2) is 12.7 Å². The molecule has 0 saturated carbocycles. The van der Waals surface area contributed by atoms with Gasteiger partial charge in [-0.25, -0.2) is 4.79 Å². The molecule has 20 heavy (non-hydrogen) atoms. The first kappa shape index (κ1) is 19.3. The molecule has 0 aromatic rings. The summed E-state index contributed by atoms with van der Waals surface area (Å²) in [5, 5.41) is 0. The third-order valence-corrected chi connectivity index (χ3v) is 6.25. The van der Waals surface area contributed by atoms with Crippen molar-refractivity contribution in [2.24, 2.45) is 0 Å². The molecule has 0 heterocycles. The van der Waals surface area contributed by atoms with E-state index in [1.165, 1.54) is 38.5 Å². The monoisotopic (exact) mass is 302 g/mol. The highest BCUT2D eigenvalue weighted by Gasteiger charge is 2.29. The fourth-order valence-electron chi connectivity index (χ4n) is 1.91. The SMILES string of the molecule is C=CC(=O)OCO[Si](C)(CCCCCCCCC)OC. The fraction of sp³-hybridized carbons (Fsp3) is 0.800. The summed E-state index contributed by atoms with van der Waals surface area (Å²) < 4.78 is 16.0. The van der Waals surface area contributed by atoms with Gasteiger partial charge in [0.25, 0.3) is 0 Å². The van der Waals surface area contributed by atoms with E-state index in [2.05, 4.69) is 13.5 Å². The summed E-state index contributed by atoms with van der Waals surface area (Å²) >= 11 is 0. The van der Waals surface area contributed by atoms with Crippen molar-refractivity contribution in [1.29, 1.82) is 0 Å². The van der Waals surface area contributed by atoms with Crippen LogP contribution in [0.4, 0.5) is 0 Å². The third-order valence-electron chi connectivity index (χ3n) is 3.40. The van der Waals surface area contributed by atoms with E-state index in [4.69, 9.17) is 13.6 Å². The second-order valence-electron chi connectivity index (χ2n) is 5.14. The maximum atomic E-state index is 10.9. The maximum absolute atomic E-state index is 10.9. The average Bonchev–Trinajstić information content (AvgIpc) is 2.46. The zero-order chi connectivity index (χ0) is 15.3. The van der Waals surface area contributed by atoms with Crippen molar-refractivity contribution in [2.45, 2.75) is 64.5 Å². The molecule has 0 fully saturated rings. The van der Waals surface area contributed by atoms with Crippen molar-refractivity contribution in [1.82, 2.24) is 0 Å². The Bertz CT molecular complexity index is 271. The molecule has 0 aliphatic rings. The van der Waals surface area contributed by atoms with Crippen LogP contribution < -0.4 is 0 Å². The molecular weight excluding hydrogens is 272 g/mol. The number of esters is 1. The molecule has 4 nitrogen and oxygen atoms in total. The highest BCUT2D eigenvalue weighted by molar-refractivity contribution is 6.65. The van der Waals surface area contributed by atoms with Gasteiger partial charge in [-0.2, -0.15) is 0 Å². The van der Waals surface area contributed by atoms with E-state index in [0.29, 0.717) is 0 Å². The van der Waals surface area contributed by atoms with Gasteiger partial charge in [-0.1, -0.05) is 58.4 Å². The number of rotatable bonds is 13. The first-order chi connectivity index (χ1) is 9.58. The van der Waals surface area contributed by atoms with Gasteiger partial charge < -0.3 is 13.6 Å². The van der Waals surface area contributed by atoms with E-state index in [1.807, 2.05) is 6.55 Å². The molecule has 0 bridgehead atoms. The van der Waals surface area contributed by atoms with Crippen molar-refractivity contribution in [2.75, 3.05) is 13.9 Å². The summed E-state index contributed by atoms with van der Waals surface area (Å²) in [6.07, 6.45) is 10.0. The van der Waals surface area contributed by atoms with Crippen LogP contribution in [0.2, 0.25) is 12.6 Å². The first-order valence-corrected chi connectivity index (χ1v) is 10.1. The lowest BCUT2D eigenvalue weighted by atomic mass is 10.1. The van der Waals surface area contributed by atoms with E-state index < -0.39 is 14.5 Å². The van der Waals surface area contributed by atoms with Gasteiger partial charge in [-0.05, 0) is 12.6 Å². The van der Waals surface area contributed by atoms with Crippen molar-refractivity contribution in [3.63, 3.8) is 0 Å². The van der Waals surface area contributed by atoms with Gasteiger partial charge in [-0.3, -0.25) is 0 Å². The Labute approximate surface area is 124 Å². The molecule has 0 rings (SSSR count). The van der Waals surface area contributed by atoms with Gasteiger partial charge in [0.1, 0.15) is 0 Å². The Balaban J connectivity index is 3.71. The smallest absolute Gasteiger partial charge is 0.337 e. The van der Waals surface area contributed by atoms with E-state index in [9.17, 15) is 4.79 Å². The Morgan fingerprint density at radius 3 is 2.30 bits per heavy atom. The Morgan fingerprint density at radius 1 is 1.15 bits per heavy atom. The second-order valence-corrected chi connectivity index (χ2v) is 8.60. The van der Waals surface area contributed by atoms with Crippen LogP contribution in [0.5, 0.6) is 0 Å². The van der Waals surface area contributed by atoms with Crippen molar-refractivity contribution in [3.05, 3.63) is 12.7 Å². The minimum absolute atomic E-state index is 0.0437. The van der Waals surface area contributed by atoms with Crippen LogP contribution >= 0.6 is 0 Å². The van der Waals surface area contributed by atoms with Crippen molar-refractivity contribution < 1.29 is 18.4 Å². The maximum Gasteiger partial charge on any atom is 0.337 e. The summed E-state index contributed by atoms with van der Waals surface area (Å²) in [6, 6.07) is 0.933. The summed E-state index contributed by atoms with van der Waals surface area (Å²) in [5.74, 6) is -0.464. The molecule has 0 spiro atoms. The fourth-order valence-corrected chi connectivity index (χ4v) is 3.57. The predicted octanol–water partition coefficient (Wildman–Crippen LogP) is 4.16. The molecule has 0 aromatic carbocycles. The van der Waals surface area contributed by atoms with Crippen LogP contribution in [0.25, 0.3) is 0 Å². The molecule has 1 unspecified atom stereocenters. The molecule has 0 radical (unpaired) electrons. The van der Waals surface area contributed by atoms with Crippen LogP contribution in [-0.2, 0) is 18.4 Å². The predicted molar refractivity (Wildman–Crippen MR) is 83.7 cm³/mol. The van der Waals surface area contributed by atoms with E-state index in [0.717, 1.165) is 18.5 Å². The zero-order valence-corrected chi connectivity index (χ0v) is 14.3. The summed E-state index contributed by atoms with van der Waals surface area (Å²) in [4.78, 5) is 10.9. The molecule has 0 aliphatic carbocycles. The summed E-state index contributed by atoms with van der Waals surface area (Å²) in [7, 11) is -0.520. The molecular formula is C15H30O4Si. The van der Waals surface area contributed by atoms with Crippen LogP contribution in [0.3, 0.4) is 0 Å². The van der Waals surface area contributed by atoms with E-state index in [-0.39, 0.29) is 6.79 Å². The molecule has 0 aliphatic heterocycles. The van der Waals surface area contributed by atoms with Gasteiger partial charge in [0.2, 0.25) is 0 Å². The van der Waals surface area contributed by atoms with E-state index >= 15 is 0 Å². The highest BCUT2D eigenvalue weighted by atomic mass is 28.4.